The fourth-order valence-electron chi connectivity index (χ4n) is 2.48. The Kier molecular flexibility index (Phi) is 4.56. The van der Waals surface area contributed by atoms with Crippen molar-refractivity contribution in [1.82, 2.24) is 9.88 Å². The molecular weight excluding hydrogens is 297 g/mol. The summed E-state index contributed by atoms with van der Waals surface area (Å²) in [7, 11) is 4.20. The van der Waals surface area contributed by atoms with Gasteiger partial charge in [-0.25, -0.2) is 9.37 Å². The van der Waals surface area contributed by atoms with Gasteiger partial charge in [0.2, 0.25) is 0 Å². The molecule has 0 radical (unpaired) electrons. The summed E-state index contributed by atoms with van der Waals surface area (Å²) in [5.74, 6) is 0.965. The highest BCUT2D eigenvalue weighted by molar-refractivity contribution is 9.10. The van der Waals surface area contributed by atoms with Crippen molar-refractivity contribution in [2.75, 3.05) is 38.6 Å². The Labute approximate surface area is 116 Å². The third kappa shape index (κ3) is 3.42. The maximum absolute atomic E-state index is 13.8. The Hall–Kier alpha value is -0.680. The van der Waals surface area contributed by atoms with Gasteiger partial charge >= 0.3 is 0 Å². The van der Waals surface area contributed by atoms with Gasteiger partial charge in [0.15, 0.2) is 11.6 Å². The second kappa shape index (κ2) is 5.97. The molecule has 1 saturated heterocycles. The predicted octanol–water partition coefficient (Wildman–Crippen LogP) is 2.76. The number of aromatic nitrogens is 1. The molecule has 1 aromatic rings. The van der Waals surface area contributed by atoms with Gasteiger partial charge in [-0.2, -0.15) is 0 Å². The van der Waals surface area contributed by atoms with Gasteiger partial charge in [-0.05, 0) is 54.9 Å². The largest absolute Gasteiger partial charge is 0.354 e. The van der Waals surface area contributed by atoms with Crippen LogP contribution in [-0.2, 0) is 0 Å². The van der Waals surface area contributed by atoms with Gasteiger partial charge in [0.25, 0.3) is 0 Å². The monoisotopic (exact) mass is 315 g/mol. The Bertz CT molecular complexity index is 403. The number of nitrogens with zero attached hydrogens (tertiary/aromatic N) is 3. The molecule has 3 nitrogen and oxygen atoms in total. The molecular formula is C13H19BrFN3. The van der Waals surface area contributed by atoms with Crippen molar-refractivity contribution in [3.8, 4) is 0 Å². The van der Waals surface area contributed by atoms with Crippen molar-refractivity contribution in [2.24, 2.45) is 5.92 Å². The average molecular weight is 316 g/mol. The molecule has 0 aliphatic carbocycles. The van der Waals surface area contributed by atoms with Crippen molar-refractivity contribution < 1.29 is 4.39 Å². The van der Waals surface area contributed by atoms with Crippen LogP contribution in [0, 0.1) is 11.7 Å². The first-order valence-corrected chi connectivity index (χ1v) is 7.06. The van der Waals surface area contributed by atoms with Gasteiger partial charge in [-0.3, -0.25) is 0 Å². The molecule has 0 unspecified atom stereocenters. The minimum Gasteiger partial charge on any atom is -0.354 e. The Morgan fingerprint density at radius 1 is 1.44 bits per heavy atom. The molecule has 0 spiro atoms. The smallest absolute Gasteiger partial charge is 0.166 e. The molecule has 0 amide bonds. The van der Waals surface area contributed by atoms with Crippen LogP contribution in [0.2, 0.25) is 0 Å². The van der Waals surface area contributed by atoms with E-state index in [1.165, 1.54) is 6.07 Å². The fraction of sp³-hybridized carbons (Fsp3) is 0.615. The maximum Gasteiger partial charge on any atom is 0.166 e. The van der Waals surface area contributed by atoms with Crippen molar-refractivity contribution in [3.63, 3.8) is 0 Å². The van der Waals surface area contributed by atoms with Crippen molar-refractivity contribution in [1.29, 1.82) is 0 Å². The SMILES string of the molecule is CN(C)CC1CCN(c2ncc(Br)cc2F)CC1. The van der Waals surface area contributed by atoms with Crippen LogP contribution in [0.3, 0.4) is 0 Å². The lowest BCUT2D eigenvalue weighted by atomic mass is 9.96. The molecule has 1 aliphatic rings. The van der Waals surface area contributed by atoms with Gasteiger partial charge in [0.05, 0.1) is 0 Å². The van der Waals surface area contributed by atoms with E-state index in [4.69, 9.17) is 0 Å². The first kappa shape index (κ1) is 13.7. The van der Waals surface area contributed by atoms with E-state index in [9.17, 15) is 4.39 Å². The predicted molar refractivity (Wildman–Crippen MR) is 75.4 cm³/mol. The summed E-state index contributed by atoms with van der Waals surface area (Å²) in [6, 6.07) is 1.48. The third-order valence-electron chi connectivity index (χ3n) is 3.33. The zero-order valence-corrected chi connectivity index (χ0v) is 12.5. The molecule has 1 aromatic heterocycles. The summed E-state index contributed by atoms with van der Waals surface area (Å²) < 4.78 is 14.5. The van der Waals surface area contributed by atoms with E-state index in [-0.39, 0.29) is 5.82 Å². The number of hydrogen-bond donors (Lipinski definition) is 0. The van der Waals surface area contributed by atoms with Gasteiger partial charge in [-0.15, -0.1) is 0 Å². The summed E-state index contributed by atoms with van der Waals surface area (Å²) in [5, 5.41) is 0. The van der Waals surface area contributed by atoms with E-state index in [1.54, 1.807) is 6.20 Å². The zero-order chi connectivity index (χ0) is 13.1. The average Bonchev–Trinajstić information content (AvgIpc) is 2.30. The number of halogens is 2. The van der Waals surface area contributed by atoms with Crippen molar-refractivity contribution in [2.45, 2.75) is 12.8 Å². The van der Waals surface area contributed by atoms with Crippen LogP contribution < -0.4 is 4.90 Å². The molecule has 0 aromatic carbocycles. The molecule has 5 heteroatoms. The minimum absolute atomic E-state index is 0.240. The quantitative estimate of drug-likeness (QED) is 0.855. The lowest BCUT2D eigenvalue weighted by molar-refractivity contribution is 0.284. The van der Waals surface area contributed by atoms with E-state index in [0.29, 0.717) is 10.3 Å². The van der Waals surface area contributed by atoms with Crippen LogP contribution in [0.1, 0.15) is 12.8 Å². The molecule has 0 saturated carbocycles. The van der Waals surface area contributed by atoms with Crippen LogP contribution in [0.15, 0.2) is 16.7 Å². The fourth-order valence-corrected chi connectivity index (χ4v) is 2.79. The number of hydrogen-bond acceptors (Lipinski definition) is 3. The van der Waals surface area contributed by atoms with Crippen molar-refractivity contribution in [3.05, 3.63) is 22.6 Å². The van der Waals surface area contributed by atoms with E-state index < -0.39 is 0 Å². The van der Waals surface area contributed by atoms with Crippen LogP contribution in [0.5, 0.6) is 0 Å². The summed E-state index contributed by atoms with van der Waals surface area (Å²) in [4.78, 5) is 8.45. The molecule has 1 fully saturated rings. The Morgan fingerprint density at radius 2 is 2.11 bits per heavy atom. The standard InChI is InChI=1S/C13H19BrFN3/c1-17(2)9-10-3-5-18(6-4-10)13-12(15)7-11(14)8-16-13/h7-8,10H,3-6,9H2,1-2H3. The van der Waals surface area contributed by atoms with Gasteiger partial charge in [0, 0.05) is 30.3 Å². The van der Waals surface area contributed by atoms with Crippen LogP contribution in [0.4, 0.5) is 10.2 Å². The van der Waals surface area contributed by atoms with E-state index in [2.05, 4.69) is 39.9 Å². The van der Waals surface area contributed by atoms with Crippen molar-refractivity contribution >= 4 is 21.7 Å². The van der Waals surface area contributed by atoms with Crippen LogP contribution >= 0.6 is 15.9 Å². The summed E-state index contributed by atoms with van der Waals surface area (Å²) in [6.07, 6.45) is 3.87. The second-order valence-corrected chi connectivity index (χ2v) is 6.07. The molecule has 2 rings (SSSR count). The zero-order valence-electron chi connectivity index (χ0n) is 10.9. The number of pyridine rings is 1. The lowest BCUT2D eigenvalue weighted by Gasteiger charge is -2.34. The van der Waals surface area contributed by atoms with Gasteiger partial charge in [0.1, 0.15) is 0 Å². The summed E-state index contributed by atoms with van der Waals surface area (Å²) >= 11 is 3.23. The normalized spacial score (nSPS) is 17.5. The summed E-state index contributed by atoms with van der Waals surface area (Å²) in [5.41, 5.74) is 0. The topological polar surface area (TPSA) is 19.4 Å². The molecule has 18 heavy (non-hydrogen) atoms. The molecule has 0 atom stereocenters. The molecule has 0 N–H and O–H groups in total. The van der Waals surface area contributed by atoms with Gasteiger partial charge in [-0.1, -0.05) is 0 Å². The highest BCUT2D eigenvalue weighted by atomic mass is 79.9. The second-order valence-electron chi connectivity index (χ2n) is 5.15. The minimum atomic E-state index is -0.240. The Morgan fingerprint density at radius 3 is 2.67 bits per heavy atom. The van der Waals surface area contributed by atoms with Gasteiger partial charge < -0.3 is 9.80 Å². The highest BCUT2D eigenvalue weighted by Gasteiger charge is 2.22. The highest BCUT2D eigenvalue weighted by Crippen LogP contribution is 2.25. The number of rotatable bonds is 3. The molecule has 2 heterocycles. The van der Waals surface area contributed by atoms with E-state index in [1.807, 2.05) is 4.90 Å². The maximum atomic E-state index is 13.8. The first-order valence-electron chi connectivity index (χ1n) is 6.27. The third-order valence-corrected chi connectivity index (χ3v) is 3.76. The van der Waals surface area contributed by atoms with Crippen LogP contribution in [0.25, 0.3) is 0 Å². The summed E-state index contributed by atoms with van der Waals surface area (Å²) in [6.45, 7) is 2.90. The van der Waals surface area contributed by atoms with E-state index >= 15 is 0 Å². The number of anilines is 1. The Balaban J connectivity index is 1.97. The number of piperidine rings is 1. The van der Waals surface area contributed by atoms with Crippen LogP contribution in [-0.4, -0.2) is 43.6 Å². The molecule has 1 aliphatic heterocycles. The lowest BCUT2D eigenvalue weighted by Crippen LogP contribution is -2.37. The molecule has 0 bridgehead atoms. The molecule has 100 valence electrons. The van der Waals surface area contributed by atoms with E-state index in [0.717, 1.165) is 38.4 Å². The first-order chi connectivity index (χ1) is 8.56.